The molecule has 1 aliphatic heterocycles. The number of piperidine rings is 1. The second kappa shape index (κ2) is 6.88. The van der Waals surface area contributed by atoms with Gasteiger partial charge in [-0.2, -0.15) is 0 Å². The molecular weight excluding hydrogens is 367 g/mol. The Morgan fingerprint density at radius 2 is 1.65 bits per heavy atom. The van der Waals surface area contributed by atoms with Gasteiger partial charge in [0.25, 0.3) is 0 Å². The Balaban J connectivity index is 1.87. The molecule has 1 saturated carbocycles. The largest absolute Gasteiger partial charge is 0.411 e. The fraction of sp³-hybridized carbons (Fsp3) is 0.381. The van der Waals surface area contributed by atoms with Crippen molar-refractivity contribution in [3.63, 3.8) is 0 Å². The van der Waals surface area contributed by atoms with Gasteiger partial charge in [-0.25, -0.2) is 0 Å². The monoisotopic (exact) mass is 388 g/mol. The summed E-state index contributed by atoms with van der Waals surface area (Å²) < 4.78 is 0. The van der Waals surface area contributed by atoms with Crippen LogP contribution in [0.1, 0.15) is 49.4 Å². The molecule has 5 heteroatoms. The first kappa shape index (κ1) is 17.8. The van der Waals surface area contributed by atoms with E-state index in [4.69, 9.17) is 23.2 Å². The van der Waals surface area contributed by atoms with Gasteiger partial charge in [0.15, 0.2) is 0 Å². The molecule has 2 N–H and O–H groups in total. The van der Waals surface area contributed by atoms with E-state index in [2.05, 4.69) is 29.5 Å². The minimum atomic E-state index is -0.277. The predicted octanol–water partition coefficient (Wildman–Crippen LogP) is 6.02. The lowest BCUT2D eigenvalue weighted by Crippen LogP contribution is -2.56. The number of halogens is 2. The highest BCUT2D eigenvalue weighted by Gasteiger charge is 2.53. The Morgan fingerprint density at radius 1 is 1.04 bits per heavy atom. The molecule has 0 spiro atoms. The maximum Gasteiger partial charge on any atom is 0.0698 e. The first-order valence-electron chi connectivity index (χ1n) is 9.03. The van der Waals surface area contributed by atoms with Gasteiger partial charge in [-0.05, 0) is 36.1 Å². The van der Waals surface area contributed by atoms with Crippen molar-refractivity contribution in [1.82, 2.24) is 5.32 Å². The zero-order valence-electron chi connectivity index (χ0n) is 14.6. The van der Waals surface area contributed by atoms with Crippen molar-refractivity contribution in [2.45, 2.75) is 38.3 Å². The van der Waals surface area contributed by atoms with Gasteiger partial charge in [0.05, 0.1) is 5.71 Å². The molecule has 1 saturated heterocycles. The van der Waals surface area contributed by atoms with Gasteiger partial charge in [0.2, 0.25) is 0 Å². The van der Waals surface area contributed by atoms with Gasteiger partial charge >= 0.3 is 0 Å². The molecule has 136 valence electrons. The van der Waals surface area contributed by atoms with Crippen LogP contribution >= 0.6 is 23.2 Å². The minimum absolute atomic E-state index is 0.00996. The summed E-state index contributed by atoms with van der Waals surface area (Å²) in [6.07, 6.45) is 3.03. The fourth-order valence-corrected chi connectivity index (χ4v) is 5.34. The molecule has 4 atom stereocenters. The van der Waals surface area contributed by atoms with Crippen LogP contribution in [-0.2, 0) is 0 Å². The van der Waals surface area contributed by atoms with Crippen LogP contribution in [0.2, 0.25) is 10.0 Å². The molecule has 2 aliphatic rings. The lowest BCUT2D eigenvalue weighted by molar-refractivity contribution is 0.147. The lowest BCUT2D eigenvalue weighted by Gasteiger charge is -2.53. The summed E-state index contributed by atoms with van der Waals surface area (Å²) >= 11 is 13.1. The number of nitrogens with one attached hydrogen (secondary N) is 1. The summed E-state index contributed by atoms with van der Waals surface area (Å²) in [5.74, 6) is 0.123. The zero-order valence-corrected chi connectivity index (χ0v) is 16.1. The Labute approximate surface area is 164 Å². The molecule has 2 fully saturated rings. The van der Waals surface area contributed by atoms with Crippen molar-refractivity contribution in [3.8, 4) is 0 Å². The molecule has 0 aromatic heterocycles. The van der Waals surface area contributed by atoms with Crippen LogP contribution in [0.5, 0.6) is 0 Å². The van der Waals surface area contributed by atoms with Gasteiger partial charge in [-0.3, -0.25) is 0 Å². The quantitative estimate of drug-likeness (QED) is 0.488. The van der Waals surface area contributed by atoms with Crippen molar-refractivity contribution in [3.05, 3.63) is 69.7 Å². The molecule has 1 heterocycles. The highest BCUT2D eigenvalue weighted by atomic mass is 35.5. The smallest absolute Gasteiger partial charge is 0.0698 e. The first-order chi connectivity index (χ1) is 12.6. The fourth-order valence-electron chi connectivity index (χ4n) is 4.84. The van der Waals surface area contributed by atoms with E-state index in [1.165, 1.54) is 0 Å². The topological polar surface area (TPSA) is 44.6 Å². The summed E-state index contributed by atoms with van der Waals surface area (Å²) in [7, 11) is 0. The Hall–Kier alpha value is -1.55. The Kier molecular flexibility index (Phi) is 4.72. The lowest BCUT2D eigenvalue weighted by atomic mass is 9.58. The summed E-state index contributed by atoms with van der Waals surface area (Å²) in [5, 5.41) is 19.0. The standard InChI is InChI=1S/C21H22Cl2N2O/c1-21-12-6-9-15(20(21)25-26)18(13-7-2-4-10-16(13)22)24-19(21)14-8-3-5-11-17(14)23/h2-5,7-8,10-11,15,18-19,24,26H,6,9,12H2,1H3/b25-20+. The van der Waals surface area contributed by atoms with Gasteiger partial charge in [-0.15, -0.1) is 0 Å². The van der Waals surface area contributed by atoms with E-state index in [1.807, 2.05) is 36.4 Å². The van der Waals surface area contributed by atoms with Crippen LogP contribution in [0.25, 0.3) is 0 Å². The van der Waals surface area contributed by atoms with Crippen LogP contribution in [0.4, 0.5) is 0 Å². The molecule has 2 aromatic carbocycles. The highest BCUT2D eigenvalue weighted by Crippen LogP contribution is 2.54. The maximum absolute atomic E-state index is 9.92. The van der Waals surface area contributed by atoms with Crippen LogP contribution in [0.15, 0.2) is 53.7 Å². The van der Waals surface area contributed by atoms with Crippen LogP contribution < -0.4 is 5.32 Å². The van der Waals surface area contributed by atoms with Gasteiger partial charge < -0.3 is 10.5 Å². The van der Waals surface area contributed by atoms with Crippen molar-refractivity contribution in [2.24, 2.45) is 16.5 Å². The Morgan fingerprint density at radius 3 is 2.27 bits per heavy atom. The first-order valence-corrected chi connectivity index (χ1v) is 9.79. The Bertz CT molecular complexity index is 853. The van der Waals surface area contributed by atoms with Crippen molar-refractivity contribution >= 4 is 28.9 Å². The summed E-state index contributed by atoms with van der Waals surface area (Å²) in [5.41, 5.74) is 2.66. The molecule has 1 aliphatic carbocycles. The van der Waals surface area contributed by atoms with E-state index in [-0.39, 0.29) is 23.4 Å². The van der Waals surface area contributed by atoms with Crippen LogP contribution in [-0.4, -0.2) is 10.9 Å². The summed E-state index contributed by atoms with van der Waals surface area (Å²) in [6, 6.07) is 15.8. The van der Waals surface area contributed by atoms with E-state index in [0.29, 0.717) is 0 Å². The average Bonchev–Trinajstić information content (AvgIpc) is 2.63. The molecule has 26 heavy (non-hydrogen) atoms. The summed E-state index contributed by atoms with van der Waals surface area (Å²) in [6.45, 7) is 2.18. The number of fused-ring (bicyclic) bond motifs is 2. The normalized spacial score (nSPS) is 32.6. The molecule has 4 unspecified atom stereocenters. The van der Waals surface area contributed by atoms with E-state index >= 15 is 0 Å². The van der Waals surface area contributed by atoms with E-state index in [1.54, 1.807) is 0 Å². The molecule has 3 nitrogen and oxygen atoms in total. The van der Waals surface area contributed by atoms with Crippen molar-refractivity contribution in [1.29, 1.82) is 0 Å². The van der Waals surface area contributed by atoms with Gasteiger partial charge in [0, 0.05) is 33.5 Å². The third kappa shape index (κ3) is 2.74. The van der Waals surface area contributed by atoms with Crippen LogP contribution in [0.3, 0.4) is 0 Å². The molecule has 2 aromatic rings. The predicted molar refractivity (Wildman–Crippen MR) is 106 cm³/mol. The highest BCUT2D eigenvalue weighted by molar-refractivity contribution is 6.31. The minimum Gasteiger partial charge on any atom is -0.411 e. The van der Waals surface area contributed by atoms with Crippen LogP contribution in [0, 0.1) is 11.3 Å². The second-order valence-corrected chi connectivity index (χ2v) is 8.34. The van der Waals surface area contributed by atoms with E-state index in [0.717, 1.165) is 46.1 Å². The second-order valence-electron chi connectivity index (χ2n) is 7.52. The van der Waals surface area contributed by atoms with E-state index < -0.39 is 0 Å². The van der Waals surface area contributed by atoms with E-state index in [9.17, 15) is 5.21 Å². The molecule has 0 radical (unpaired) electrons. The number of nitrogens with zero attached hydrogens (tertiary/aromatic N) is 1. The number of hydrogen-bond acceptors (Lipinski definition) is 3. The number of hydrogen-bond donors (Lipinski definition) is 2. The third-order valence-electron chi connectivity index (χ3n) is 6.10. The number of oxime groups is 1. The third-order valence-corrected chi connectivity index (χ3v) is 6.79. The zero-order chi connectivity index (χ0) is 18.3. The number of benzene rings is 2. The van der Waals surface area contributed by atoms with Crippen molar-refractivity contribution < 1.29 is 5.21 Å². The molecular formula is C21H22Cl2N2O. The average molecular weight is 389 g/mol. The molecule has 0 amide bonds. The van der Waals surface area contributed by atoms with Gasteiger partial charge in [-0.1, -0.05) is 78.1 Å². The summed E-state index contributed by atoms with van der Waals surface area (Å²) in [4.78, 5) is 0. The van der Waals surface area contributed by atoms with Crippen molar-refractivity contribution in [2.75, 3.05) is 0 Å². The van der Waals surface area contributed by atoms with Gasteiger partial charge in [0.1, 0.15) is 0 Å². The molecule has 2 bridgehead atoms. The number of rotatable bonds is 2. The maximum atomic E-state index is 9.92. The SMILES string of the molecule is CC12CCCC(/C1=N\O)C(c1ccccc1Cl)NC2c1ccccc1Cl. The molecule has 4 rings (SSSR count).